The van der Waals surface area contributed by atoms with Gasteiger partial charge in [0.2, 0.25) is 11.8 Å². The van der Waals surface area contributed by atoms with Crippen molar-refractivity contribution in [3.05, 3.63) is 59.7 Å². The number of rotatable bonds is 6. The molecule has 29 heavy (non-hydrogen) atoms. The molecule has 0 unspecified atom stereocenters. The number of nitrogens with one attached hydrogen (secondary N) is 1. The Hall–Kier alpha value is -3.15. The minimum absolute atomic E-state index is 0.0545. The molecular weight excluding hydrogens is 368 g/mol. The van der Waals surface area contributed by atoms with Crippen LogP contribution >= 0.6 is 0 Å². The normalized spacial score (nSPS) is 16.2. The predicted octanol–water partition coefficient (Wildman–Crippen LogP) is 3.81. The van der Waals surface area contributed by atoms with Crippen LogP contribution in [0.1, 0.15) is 43.1 Å². The van der Waals surface area contributed by atoms with Crippen molar-refractivity contribution in [1.29, 1.82) is 0 Å². The van der Waals surface area contributed by atoms with Gasteiger partial charge in [-0.05, 0) is 62.2 Å². The molecule has 1 saturated heterocycles. The standard InChI is InChI=1S/C23H26N2O4/c1-4-16-5-11-20(12-6-16)25-14-18(13-21(25)26)22(27)24-19-9-7-17(8-10-19)23(28)29-15(2)3/h5-12,15,18H,4,13-14H2,1-3H3,(H,24,27)/t18-/m1/s1. The summed E-state index contributed by atoms with van der Waals surface area (Å²) in [5.41, 5.74) is 3.02. The van der Waals surface area contributed by atoms with Gasteiger partial charge in [-0.3, -0.25) is 9.59 Å². The second-order valence-electron chi connectivity index (χ2n) is 7.45. The number of nitrogens with zero attached hydrogens (tertiary/aromatic N) is 1. The van der Waals surface area contributed by atoms with E-state index in [-0.39, 0.29) is 24.3 Å². The van der Waals surface area contributed by atoms with E-state index in [2.05, 4.69) is 12.2 Å². The molecule has 1 aliphatic rings. The highest BCUT2D eigenvalue weighted by atomic mass is 16.5. The molecule has 1 fully saturated rings. The van der Waals surface area contributed by atoms with Crippen molar-refractivity contribution in [3.8, 4) is 0 Å². The highest BCUT2D eigenvalue weighted by molar-refractivity contribution is 6.03. The maximum atomic E-state index is 12.6. The summed E-state index contributed by atoms with van der Waals surface area (Å²) >= 11 is 0. The Balaban J connectivity index is 1.61. The van der Waals surface area contributed by atoms with Crippen molar-refractivity contribution in [3.63, 3.8) is 0 Å². The fraction of sp³-hybridized carbons (Fsp3) is 0.348. The third-order valence-corrected chi connectivity index (χ3v) is 4.88. The maximum absolute atomic E-state index is 12.6. The lowest BCUT2D eigenvalue weighted by atomic mass is 10.1. The van der Waals surface area contributed by atoms with E-state index in [1.54, 1.807) is 43.0 Å². The molecule has 2 aromatic rings. The van der Waals surface area contributed by atoms with Gasteiger partial charge in [0.05, 0.1) is 17.6 Å². The number of amides is 2. The SMILES string of the molecule is CCc1ccc(N2C[C@H](C(=O)Nc3ccc(C(=O)OC(C)C)cc3)CC2=O)cc1. The lowest BCUT2D eigenvalue weighted by molar-refractivity contribution is -0.122. The maximum Gasteiger partial charge on any atom is 0.338 e. The molecule has 0 saturated carbocycles. The van der Waals surface area contributed by atoms with E-state index in [0.717, 1.165) is 12.1 Å². The summed E-state index contributed by atoms with van der Waals surface area (Å²) in [6.45, 7) is 6.01. The Morgan fingerprint density at radius 2 is 1.76 bits per heavy atom. The Morgan fingerprint density at radius 3 is 2.34 bits per heavy atom. The lowest BCUT2D eigenvalue weighted by Gasteiger charge is -2.17. The summed E-state index contributed by atoms with van der Waals surface area (Å²) in [6, 6.07) is 14.4. The van der Waals surface area contributed by atoms with Crippen LogP contribution in [-0.4, -0.2) is 30.4 Å². The van der Waals surface area contributed by atoms with Crippen LogP contribution in [0.25, 0.3) is 0 Å². The molecule has 0 bridgehead atoms. The molecule has 2 amide bonds. The van der Waals surface area contributed by atoms with Gasteiger partial charge in [-0.2, -0.15) is 0 Å². The van der Waals surface area contributed by atoms with E-state index in [1.165, 1.54) is 5.56 Å². The molecule has 6 heteroatoms. The zero-order valence-corrected chi connectivity index (χ0v) is 17.0. The predicted molar refractivity (Wildman–Crippen MR) is 112 cm³/mol. The fourth-order valence-electron chi connectivity index (χ4n) is 3.26. The van der Waals surface area contributed by atoms with Crippen LogP contribution in [0.2, 0.25) is 0 Å². The average molecular weight is 394 g/mol. The summed E-state index contributed by atoms with van der Waals surface area (Å²) < 4.78 is 5.15. The Morgan fingerprint density at radius 1 is 1.10 bits per heavy atom. The van der Waals surface area contributed by atoms with Crippen LogP contribution < -0.4 is 10.2 Å². The second-order valence-corrected chi connectivity index (χ2v) is 7.45. The molecule has 152 valence electrons. The Kier molecular flexibility index (Phi) is 6.32. The number of hydrogen-bond donors (Lipinski definition) is 1. The van der Waals surface area contributed by atoms with E-state index in [1.807, 2.05) is 24.3 Å². The molecule has 1 aliphatic heterocycles. The average Bonchev–Trinajstić information content (AvgIpc) is 3.10. The zero-order chi connectivity index (χ0) is 21.0. The van der Waals surface area contributed by atoms with Gasteiger partial charge in [0.1, 0.15) is 0 Å². The number of carbonyl (C=O) groups is 3. The summed E-state index contributed by atoms with van der Waals surface area (Å²) in [6.07, 6.45) is 0.927. The molecule has 1 heterocycles. The molecular formula is C23H26N2O4. The van der Waals surface area contributed by atoms with Crippen LogP contribution in [0.3, 0.4) is 0 Å². The van der Waals surface area contributed by atoms with E-state index < -0.39 is 11.9 Å². The Labute approximate surface area is 170 Å². The number of benzene rings is 2. The van der Waals surface area contributed by atoms with Crippen LogP contribution in [0.5, 0.6) is 0 Å². The lowest BCUT2D eigenvalue weighted by Crippen LogP contribution is -2.28. The monoisotopic (exact) mass is 394 g/mol. The van der Waals surface area contributed by atoms with Gasteiger partial charge in [0, 0.05) is 24.3 Å². The molecule has 0 aromatic heterocycles. The molecule has 2 aromatic carbocycles. The minimum Gasteiger partial charge on any atom is -0.459 e. The highest BCUT2D eigenvalue weighted by Gasteiger charge is 2.35. The molecule has 0 aliphatic carbocycles. The molecule has 0 radical (unpaired) electrons. The van der Waals surface area contributed by atoms with Gasteiger partial charge in [-0.25, -0.2) is 4.79 Å². The summed E-state index contributed by atoms with van der Waals surface area (Å²) in [4.78, 5) is 38.6. The van der Waals surface area contributed by atoms with Crippen LogP contribution in [0.4, 0.5) is 11.4 Å². The second kappa shape index (κ2) is 8.90. The number of hydrogen-bond acceptors (Lipinski definition) is 4. The van der Waals surface area contributed by atoms with Gasteiger partial charge in [0.15, 0.2) is 0 Å². The van der Waals surface area contributed by atoms with Crippen molar-refractivity contribution >= 4 is 29.2 Å². The van der Waals surface area contributed by atoms with Crippen molar-refractivity contribution in [2.75, 3.05) is 16.8 Å². The Bertz CT molecular complexity index is 888. The fourth-order valence-corrected chi connectivity index (χ4v) is 3.26. The zero-order valence-electron chi connectivity index (χ0n) is 17.0. The first-order valence-electron chi connectivity index (χ1n) is 9.88. The van der Waals surface area contributed by atoms with Crippen molar-refractivity contribution in [2.45, 2.75) is 39.7 Å². The largest absolute Gasteiger partial charge is 0.459 e. The van der Waals surface area contributed by atoms with Crippen molar-refractivity contribution < 1.29 is 19.1 Å². The summed E-state index contributed by atoms with van der Waals surface area (Å²) in [5.74, 6) is -1.08. The molecule has 6 nitrogen and oxygen atoms in total. The molecule has 3 rings (SSSR count). The number of carbonyl (C=O) groups excluding carboxylic acids is 3. The van der Waals surface area contributed by atoms with Gasteiger partial charge in [0.25, 0.3) is 0 Å². The number of aryl methyl sites for hydroxylation is 1. The third-order valence-electron chi connectivity index (χ3n) is 4.88. The van der Waals surface area contributed by atoms with E-state index in [9.17, 15) is 14.4 Å². The summed E-state index contributed by atoms with van der Waals surface area (Å²) in [5, 5.41) is 2.83. The van der Waals surface area contributed by atoms with Crippen LogP contribution in [0.15, 0.2) is 48.5 Å². The van der Waals surface area contributed by atoms with E-state index in [0.29, 0.717) is 17.8 Å². The molecule has 0 spiro atoms. The van der Waals surface area contributed by atoms with Crippen LogP contribution in [-0.2, 0) is 20.7 Å². The topological polar surface area (TPSA) is 75.7 Å². The third kappa shape index (κ3) is 5.02. The van der Waals surface area contributed by atoms with Gasteiger partial charge >= 0.3 is 5.97 Å². The molecule has 1 N–H and O–H groups in total. The van der Waals surface area contributed by atoms with Crippen molar-refractivity contribution in [1.82, 2.24) is 0 Å². The van der Waals surface area contributed by atoms with Gasteiger partial charge < -0.3 is 15.0 Å². The van der Waals surface area contributed by atoms with Gasteiger partial charge in [-0.15, -0.1) is 0 Å². The first-order valence-corrected chi connectivity index (χ1v) is 9.88. The number of ether oxygens (including phenoxy) is 1. The van der Waals surface area contributed by atoms with Gasteiger partial charge in [-0.1, -0.05) is 19.1 Å². The number of esters is 1. The first-order chi connectivity index (χ1) is 13.9. The number of anilines is 2. The minimum atomic E-state index is -0.418. The van der Waals surface area contributed by atoms with E-state index in [4.69, 9.17) is 4.74 Å². The first kappa shape index (κ1) is 20.6. The van der Waals surface area contributed by atoms with Crippen LogP contribution in [0, 0.1) is 5.92 Å². The van der Waals surface area contributed by atoms with Crippen molar-refractivity contribution in [2.24, 2.45) is 5.92 Å². The highest BCUT2D eigenvalue weighted by Crippen LogP contribution is 2.26. The summed E-state index contributed by atoms with van der Waals surface area (Å²) in [7, 11) is 0. The quantitative estimate of drug-likeness (QED) is 0.756. The van der Waals surface area contributed by atoms with E-state index >= 15 is 0 Å². The smallest absolute Gasteiger partial charge is 0.338 e. The molecule has 1 atom stereocenters.